The third-order valence-electron chi connectivity index (χ3n) is 3.41. The molecule has 3 rings (SSSR count). The van der Waals surface area contributed by atoms with E-state index in [2.05, 4.69) is 0 Å². The maximum atomic E-state index is 12.6. The predicted molar refractivity (Wildman–Crippen MR) is 70.4 cm³/mol. The normalized spacial score (nSPS) is 24.4. The second-order valence-electron chi connectivity index (χ2n) is 4.96. The fraction of sp³-hybridized carbons (Fsp3) is 0.308. The Kier molecular flexibility index (Phi) is 2.56. The first-order valence-corrected chi connectivity index (χ1v) is 6.44. The van der Waals surface area contributed by atoms with E-state index in [-0.39, 0.29) is 6.04 Å². The molecule has 3 amide bonds. The molecule has 7 heteroatoms. The van der Waals surface area contributed by atoms with Gasteiger partial charge < -0.3 is 9.64 Å². The van der Waals surface area contributed by atoms with Gasteiger partial charge in [-0.3, -0.25) is 14.9 Å². The van der Waals surface area contributed by atoms with Gasteiger partial charge in [0.2, 0.25) is 0 Å². The fourth-order valence-corrected chi connectivity index (χ4v) is 2.79. The molecule has 1 saturated heterocycles. The van der Waals surface area contributed by atoms with Gasteiger partial charge in [0.25, 0.3) is 17.4 Å². The molecule has 6 nitrogen and oxygen atoms in total. The lowest BCUT2D eigenvalue weighted by molar-refractivity contribution is -0.145. The summed E-state index contributed by atoms with van der Waals surface area (Å²) in [5, 5.41) is 2.37. The van der Waals surface area contributed by atoms with Gasteiger partial charge in [-0.05, 0) is 32.0 Å². The van der Waals surface area contributed by atoms with Crippen LogP contribution in [0.5, 0.6) is 0 Å². The number of carbonyl (C=O) groups excluding carboxylic acids is 3. The number of benzene rings is 1. The van der Waals surface area contributed by atoms with E-state index in [0.717, 1.165) is 0 Å². The standard InChI is InChI=1S/C13H11ClN2O4/c1-6(2)16-9-4-3-7(14)5-8(9)13(11(16)18)10(17)15-12(19)20-13/h3-6H,1-2H3,(H,15,17,19). The highest BCUT2D eigenvalue weighted by Gasteiger charge is 2.64. The van der Waals surface area contributed by atoms with Crippen LogP contribution in [0.4, 0.5) is 10.5 Å². The van der Waals surface area contributed by atoms with Crippen LogP contribution in [-0.2, 0) is 19.9 Å². The summed E-state index contributed by atoms with van der Waals surface area (Å²) in [4.78, 5) is 37.6. The third-order valence-corrected chi connectivity index (χ3v) is 3.65. The summed E-state index contributed by atoms with van der Waals surface area (Å²) in [7, 11) is 0. The number of imide groups is 1. The van der Waals surface area contributed by atoms with E-state index in [1.54, 1.807) is 12.1 Å². The first-order valence-electron chi connectivity index (χ1n) is 6.06. The monoisotopic (exact) mass is 294 g/mol. The molecule has 0 radical (unpaired) electrons. The zero-order valence-electron chi connectivity index (χ0n) is 10.8. The molecule has 2 heterocycles. The fourth-order valence-electron chi connectivity index (χ4n) is 2.62. The molecule has 0 aliphatic carbocycles. The van der Waals surface area contributed by atoms with Crippen LogP contribution in [0.1, 0.15) is 19.4 Å². The number of nitrogens with zero attached hydrogens (tertiary/aromatic N) is 1. The molecule has 0 bridgehead atoms. The molecule has 1 aromatic rings. The van der Waals surface area contributed by atoms with Gasteiger partial charge in [-0.1, -0.05) is 11.6 Å². The molecule has 20 heavy (non-hydrogen) atoms. The summed E-state index contributed by atoms with van der Waals surface area (Å²) in [6.45, 7) is 3.62. The maximum Gasteiger partial charge on any atom is 0.415 e. The van der Waals surface area contributed by atoms with E-state index < -0.39 is 23.5 Å². The van der Waals surface area contributed by atoms with Crippen LogP contribution in [0.25, 0.3) is 0 Å². The van der Waals surface area contributed by atoms with Crippen molar-refractivity contribution < 1.29 is 19.1 Å². The molecule has 2 aliphatic rings. The highest BCUT2D eigenvalue weighted by atomic mass is 35.5. The quantitative estimate of drug-likeness (QED) is 0.798. The number of amides is 3. The molecular formula is C13H11ClN2O4. The van der Waals surface area contributed by atoms with Crippen molar-refractivity contribution in [1.29, 1.82) is 0 Å². The van der Waals surface area contributed by atoms with E-state index in [1.807, 2.05) is 19.2 Å². The average Bonchev–Trinajstić information content (AvgIpc) is 2.78. The summed E-state index contributed by atoms with van der Waals surface area (Å²) in [6.07, 6.45) is -0.931. The smallest absolute Gasteiger partial charge is 0.415 e. The van der Waals surface area contributed by atoms with Gasteiger partial charge in [0.05, 0.1) is 5.69 Å². The molecule has 1 unspecified atom stereocenters. The minimum absolute atomic E-state index is 0.186. The van der Waals surface area contributed by atoms with Gasteiger partial charge in [-0.2, -0.15) is 0 Å². The number of fused-ring (bicyclic) bond motifs is 2. The van der Waals surface area contributed by atoms with Crippen LogP contribution in [-0.4, -0.2) is 23.9 Å². The van der Waals surface area contributed by atoms with Gasteiger partial charge in [0.15, 0.2) is 0 Å². The average molecular weight is 295 g/mol. The highest BCUT2D eigenvalue weighted by molar-refractivity contribution is 6.32. The summed E-state index contributed by atoms with van der Waals surface area (Å²) in [5.41, 5.74) is -1.12. The Hall–Kier alpha value is -2.08. The van der Waals surface area contributed by atoms with E-state index >= 15 is 0 Å². The number of rotatable bonds is 1. The molecule has 1 spiro atoms. The number of ether oxygens (including phenoxy) is 1. The molecule has 0 aromatic heterocycles. The number of hydrogen-bond acceptors (Lipinski definition) is 4. The summed E-state index contributed by atoms with van der Waals surface area (Å²) < 4.78 is 5.05. The Bertz CT molecular complexity index is 658. The number of carbonyl (C=O) groups is 3. The molecule has 2 aliphatic heterocycles. The van der Waals surface area contributed by atoms with E-state index in [0.29, 0.717) is 16.3 Å². The SMILES string of the molecule is CC(C)N1C(=O)C2(OC(=O)NC2=O)c2cc(Cl)ccc21. The van der Waals surface area contributed by atoms with Crippen molar-refractivity contribution in [2.75, 3.05) is 4.90 Å². The molecule has 1 fully saturated rings. The van der Waals surface area contributed by atoms with Gasteiger partial charge in [-0.25, -0.2) is 4.79 Å². The summed E-state index contributed by atoms with van der Waals surface area (Å²) in [5.74, 6) is -1.35. The number of anilines is 1. The maximum absolute atomic E-state index is 12.6. The topological polar surface area (TPSA) is 75.7 Å². The minimum atomic E-state index is -1.94. The largest absolute Gasteiger partial charge is 0.417 e. The molecule has 1 atom stereocenters. The van der Waals surface area contributed by atoms with Crippen LogP contribution >= 0.6 is 11.6 Å². The van der Waals surface area contributed by atoms with Gasteiger partial charge in [0, 0.05) is 16.6 Å². The summed E-state index contributed by atoms with van der Waals surface area (Å²) in [6, 6.07) is 4.56. The number of nitrogens with one attached hydrogen (secondary N) is 1. The first kappa shape index (κ1) is 12.9. The van der Waals surface area contributed by atoms with Crippen molar-refractivity contribution in [2.45, 2.75) is 25.5 Å². The Morgan fingerprint density at radius 3 is 2.55 bits per heavy atom. The van der Waals surface area contributed by atoms with Crippen molar-refractivity contribution in [3.8, 4) is 0 Å². The second-order valence-corrected chi connectivity index (χ2v) is 5.39. The van der Waals surface area contributed by atoms with Gasteiger partial charge >= 0.3 is 6.09 Å². The van der Waals surface area contributed by atoms with Crippen molar-refractivity contribution in [3.05, 3.63) is 28.8 Å². The first-order chi connectivity index (χ1) is 9.37. The van der Waals surface area contributed by atoms with Crippen molar-refractivity contribution >= 4 is 35.2 Å². The third kappa shape index (κ3) is 1.42. The highest BCUT2D eigenvalue weighted by Crippen LogP contribution is 2.46. The molecule has 1 aromatic carbocycles. The second kappa shape index (κ2) is 3.96. The lowest BCUT2D eigenvalue weighted by Gasteiger charge is -2.23. The molecule has 104 valence electrons. The molecular weight excluding hydrogens is 284 g/mol. The zero-order valence-corrected chi connectivity index (χ0v) is 11.5. The van der Waals surface area contributed by atoms with Crippen LogP contribution < -0.4 is 10.2 Å². The summed E-state index contributed by atoms with van der Waals surface area (Å²) >= 11 is 5.94. The molecule has 1 N–H and O–H groups in total. The van der Waals surface area contributed by atoms with Crippen LogP contribution in [0.2, 0.25) is 5.02 Å². The minimum Gasteiger partial charge on any atom is -0.417 e. The Labute approximate surface area is 119 Å². The molecule has 0 saturated carbocycles. The van der Waals surface area contributed by atoms with E-state index in [4.69, 9.17) is 16.3 Å². The van der Waals surface area contributed by atoms with Gasteiger partial charge in [0.1, 0.15) is 0 Å². The number of halogens is 1. The number of alkyl carbamates (subject to hydrolysis) is 1. The predicted octanol–water partition coefficient (Wildman–Crippen LogP) is 1.56. The van der Waals surface area contributed by atoms with Crippen molar-refractivity contribution in [1.82, 2.24) is 5.32 Å². The van der Waals surface area contributed by atoms with Crippen LogP contribution in [0, 0.1) is 0 Å². The van der Waals surface area contributed by atoms with Crippen molar-refractivity contribution in [2.24, 2.45) is 0 Å². The van der Waals surface area contributed by atoms with Crippen LogP contribution in [0.3, 0.4) is 0 Å². The Morgan fingerprint density at radius 2 is 2.00 bits per heavy atom. The lowest BCUT2D eigenvalue weighted by Crippen LogP contribution is -2.48. The van der Waals surface area contributed by atoms with E-state index in [9.17, 15) is 14.4 Å². The van der Waals surface area contributed by atoms with Crippen LogP contribution in [0.15, 0.2) is 18.2 Å². The van der Waals surface area contributed by atoms with Gasteiger partial charge in [-0.15, -0.1) is 0 Å². The lowest BCUT2D eigenvalue weighted by atomic mass is 9.95. The Balaban J connectivity index is 2.28. The zero-order chi connectivity index (χ0) is 14.7. The van der Waals surface area contributed by atoms with Crippen molar-refractivity contribution in [3.63, 3.8) is 0 Å². The number of hydrogen-bond donors (Lipinski definition) is 1. The Morgan fingerprint density at radius 1 is 1.30 bits per heavy atom. The van der Waals surface area contributed by atoms with E-state index in [1.165, 1.54) is 11.0 Å².